The summed E-state index contributed by atoms with van der Waals surface area (Å²) < 4.78 is 9.98. The van der Waals surface area contributed by atoms with E-state index in [1.807, 2.05) is 0 Å². The van der Waals surface area contributed by atoms with Gasteiger partial charge in [-0.2, -0.15) is 0 Å². The van der Waals surface area contributed by atoms with Gasteiger partial charge in [0.15, 0.2) is 0 Å². The summed E-state index contributed by atoms with van der Waals surface area (Å²) >= 11 is 0. The Bertz CT molecular complexity index is 178. The maximum Gasteiger partial charge on any atom is 0.333 e. The molecule has 0 aliphatic rings. The molecule has 0 heterocycles. The number of aliphatic hydroxyl groups excluding tert-OH is 1. The first kappa shape index (κ1) is 13.1. The minimum Gasteiger partial charge on any atom is -0.478 e. The van der Waals surface area contributed by atoms with Gasteiger partial charge >= 0.3 is 5.97 Å². The molecule has 14 heavy (non-hydrogen) atoms. The summed E-state index contributed by atoms with van der Waals surface area (Å²) in [6.45, 7) is 4.61. The van der Waals surface area contributed by atoms with Crippen LogP contribution in [0.1, 0.15) is 6.42 Å². The molecule has 5 nitrogen and oxygen atoms in total. The monoisotopic (exact) mass is 204 g/mol. The number of hydrogen-bond acceptors (Lipinski definition) is 4. The van der Waals surface area contributed by atoms with Crippen LogP contribution in [-0.4, -0.2) is 49.2 Å². The highest BCUT2D eigenvalue weighted by atomic mass is 16.5. The lowest BCUT2D eigenvalue weighted by Crippen LogP contribution is -2.09. The molecule has 0 aliphatic heterocycles. The van der Waals surface area contributed by atoms with Crippen LogP contribution in [0.4, 0.5) is 0 Å². The van der Waals surface area contributed by atoms with Gasteiger partial charge in [-0.1, -0.05) is 6.58 Å². The van der Waals surface area contributed by atoms with Gasteiger partial charge < -0.3 is 19.7 Å². The highest BCUT2D eigenvalue weighted by molar-refractivity contribution is 5.85. The molecule has 82 valence electrons. The SMILES string of the molecule is C=C(COCCCOCCO)C(=O)O. The second kappa shape index (κ2) is 8.68. The van der Waals surface area contributed by atoms with Crippen LogP contribution >= 0.6 is 0 Å². The second-order valence-electron chi connectivity index (χ2n) is 2.65. The first-order valence-electron chi connectivity index (χ1n) is 4.36. The predicted octanol–water partition coefficient (Wildman–Crippen LogP) is 0.0428. The van der Waals surface area contributed by atoms with Gasteiger partial charge in [0.2, 0.25) is 0 Å². The number of hydrogen-bond donors (Lipinski definition) is 2. The summed E-state index contributed by atoms with van der Waals surface area (Å²) in [5.74, 6) is -1.04. The number of carboxylic acids is 1. The van der Waals surface area contributed by atoms with E-state index in [0.717, 1.165) is 0 Å². The van der Waals surface area contributed by atoms with Crippen LogP contribution in [0.5, 0.6) is 0 Å². The van der Waals surface area contributed by atoms with Gasteiger partial charge in [-0.15, -0.1) is 0 Å². The van der Waals surface area contributed by atoms with E-state index in [4.69, 9.17) is 19.7 Å². The van der Waals surface area contributed by atoms with Crippen molar-refractivity contribution >= 4 is 5.97 Å². The van der Waals surface area contributed by atoms with Crippen LogP contribution in [-0.2, 0) is 14.3 Å². The lowest BCUT2D eigenvalue weighted by molar-refractivity contribution is -0.133. The Hall–Kier alpha value is -0.910. The molecule has 5 heteroatoms. The Morgan fingerprint density at radius 2 is 1.86 bits per heavy atom. The molecule has 0 unspecified atom stereocenters. The quantitative estimate of drug-likeness (QED) is 0.410. The topological polar surface area (TPSA) is 76.0 Å². The standard InChI is InChI=1S/C9H16O5/c1-8(9(11)12)7-14-5-2-4-13-6-3-10/h10H,1-7H2,(H,11,12). The fourth-order valence-corrected chi connectivity index (χ4v) is 0.687. The molecule has 0 aromatic carbocycles. The molecule has 0 atom stereocenters. The molecule has 0 amide bonds. The Balaban J connectivity index is 3.13. The van der Waals surface area contributed by atoms with Crippen LogP contribution in [0.3, 0.4) is 0 Å². The third-order valence-corrected chi connectivity index (χ3v) is 1.39. The van der Waals surface area contributed by atoms with Gasteiger partial charge in [0.25, 0.3) is 0 Å². The third-order valence-electron chi connectivity index (χ3n) is 1.39. The summed E-state index contributed by atoms with van der Waals surface area (Å²) in [6, 6.07) is 0. The zero-order valence-electron chi connectivity index (χ0n) is 8.07. The van der Waals surface area contributed by atoms with Gasteiger partial charge in [0.1, 0.15) is 0 Å². The molecule has 0 radical (unpaired) electrons. The number of aliphatic hydroxyl groups is 1. The molecule has 0 spiro atoms. The van der Waals surface area contributed by atoms with E-state index in [-0.39, 0.29) is 18.8 Å². The average molecular weight is 204 g/mol. The van der Waals surface area contributed by atoms with E-state index in [1.165, 1.54) is 0 Å². The molecular weight excluding hydrogens is 188 g/mol. The zero-order valence-corrected chi connectivity index (χ0v) is 8.07. The Labute approximate surface area is 82.9 Å². The smallest absolute Gasteiger partial charge is 0.333 e. The van der Waals surface area contributed by atoms with E-state index >= 15 is 0 Å². The molecule has 0 fully saturated rings. The van der Waals surface area contributed by atoms with Crippen molar-refractivity contribution in [2.45, 2.75) is 6.42 Å². The maximum atomic E-state index is 10.3. The van der Waals surface area contributed by atoms with E-state index in [2.05, 4.69) is 6.58 Å². The molecular formula is C9H16O5. The van der Waals surface area contributed by atoms with Gasteiger partial charge in [-0.3, -0.25) is 0 Å². The summed E-state index contributed by atoms with van der Waals surface area (Å²) in [7, 11) is 0. The fraction of sp³-hybridized carbons (Fsp3) is 0.667. The van der Waals surface area contributed by atoms with Gasteiger partial charge in [0.05, 0.1) is 25.4 Å². The van der Waals surface area contributed by atoms with Crippen molar-refractivity contribution in [2.75, 3.05) is 33.0 Å². The van der Waals surface area contributed by atoms with E-state index < -0.39 is 5.97 Å². The first-order valence-corrected chi connectivity index (χ1v) is 4.36. The largest absolute Gasteiger partial charge is 0.478 e. The molecule has 0 aromatic heterocycles. The minimum absolute atomic E-state index is 0.0106. The summed E-state index contributed by atoms with van der Waals surface area (Å²) in [4.78, 5) is 10.3. The van der Waals surface area contributed by atoms with Crippen LogP contribution in [0.2, 0.25) is 0 Å². The van der Waals surface area contributed by atoms with Crippen LogP contribution < -0.4 is 0 Å². The number of aliphatic carboxylic acids is 1. The first-order chi connectivity index (χ1) is 6.68. The molecule has 0 saturated carbocycles. The number of carbonyl (C=O) groups is 1. The average Bonchev–Trinajstić information content (AvgIpc) is 2.16. The lowest BCUT2D eigenvalue weighted by Gasteiger charge is -2.04. The molecule has 0 saturated heterocycles. The van der Waals surface area contributed by atoms with Crippen molar-refractivity contribution in [3.05, 3.63) is 12.2 Å². The van der Waals surface area contributed by atoms with Crippen molar-refractivity contribution in [3.8, 4) is 0 Å². The molecule has 0 bridgehead atoms. The van der Waals surface area contributed by atoms with E-state index in [0.29, 0.717) is 26.2 Å². The maximum absolute atomic E-state index is 10.3. The number of carboxylic acid groups (broad SMARTS) is 1. The zero-order chi connectivity index (χ0) is 10.8. The Morgan fingerprint density at radius 1 is 1.21 bits per heavy atom. The van der Waals surface area contributed by atoms with Crippen molar-refractivity contribution < 1.29 is 24.5 Å². The van der Waals surface area contributed by atoms with Crippen molar-refractivity contribution in [3.63, 3.8) is 0 Å². The summed E-state index contributed by atoms with van der Waals surface area (Å²) in [5.41, 5.74) is 0.0428. The highest BCUT2D eigenvalue weighted by Crippen LogP contribution is 1.92. The fourth-order valence-electron chi connectivity index (χ4n) is 0.687. The molecule has 0 aliphatic carbocycles. The second-order valence-corrected chi connectivity index (χ2v) is 2.65. The van der Waals surface area contributed by atoms with Crippen LogP contribution in [0.15, 0.2) is 12.2 Å². The highest BCUT2D eigenvalue weighted by Gasteiger charge is 2.02. The third kappa shape index (κ3) is 7.72. The summed E-state index contributed by atoms with van der Waals surface area (Å²) in [6.07, 6.45) is 0.674. The van der Waals surface area contributed by atoms with Crippen molar-refractivity contribution in [2.24, 2.45) is 0 Å². The van der Waals surface area contributed by atoms with Crippen molar-refractivity contribution in [1.82, 2.24) is 0 Å². The number of rotatable bonds is 9. The van der Waals surface area contributed by atoms with Crippen LogP contribution in [0.25, 0.3) is 0 Å². The summed E-state index contributed by atoms with van der Waals surface area (Å²) in [5, 5.41) is 16.8. The Morgan fingerprint density at radius 3 is 2.43 bits per heavy atom. The molecule has 2 N–H and O–H groups in total. The normalized spacial score (nSPS) is 10.1. The minimum atomic E-state index is -1.04. The van der Waals surface area contributed by atoms with E-state index in [9.17, 15) is 4.79 Å². The molecule has 0 aromatic rings. The van der Waals surface area contributed by atoms with Crippen molar-refractivity contribution in [1.29, 1.82) is 0 Å². The molecule has 0 rings (SSSR count). The van der Waals surface area contributed by atoms with E-state index in [1.54, 1.807) is 0 Å². The lowest BCUT2D eigenvalue weighted by atomic mass is 10.3. The van der Waals surface area contributed by atoms with Gasteiger partial charge in [0, 0.05) is 13.2 Å². The number of ether oxygens (including phenoxy) is 2. The predicted molar refractivity (Wildman–Crippen MR) is 50.1 cm³/mol. The van der Waals surface area contributed by atoms with Crippen LogP contribution in [0, 0.1) is 0 Å². The van der Waals surface area contributed by atoms with Gasteiger partial charge in [-0.25, -0.2) is 4.79 Å². The Kier molecular flexibility index (Phi) is 8.11. The van der Waals surface area contributed by atoms with Gasteiger partial charge in [-0.05, 0) is 6.42 Å².